The molecule has 0 unspecified atom stereocenters. The first-order valence-corrected chi connectivity index (χ1v) is 19.9. The van der Waals surface area contributed by atoms with Crippen molar-refractivity contribution in [2.75, 3.05) is 10.6 Å². The number of anilines is 2. The van der Waals surface area contributed by atoms with Crippen LogP contribution in [-0.4, -0.2) is 119 Å². The fourth-order valence-corrected chi connectivity index (χ4v) is 7.75. The van der Waals surface area contributed by atoms with Gasteiger partial charge in [-0.25, -0.2) is 9.59 Å². The van der Waals surface area contributed by atoms with Gasteiger partial charge in [-0.05, 0) is 35.4 Å². The summed E-state index contributed by atoms with van der Waals surface area (Å²) in [4.78, 5) is 119. The van der Waals surface area contributed by atoms with Crippen molar-refractivity contribution < 1.29 is 96.1 Å². The number of rotatable bonds is 15. The molecule has 2 saturated heterocycles. The maximum atomic E-state index is 12.9. The fraction of sp³-hybridized carbons (Fsp3) is 0.450. The Morgan fingerprint density at radius 2 is 0.750 bits per heavy atom. The van der Waals surface area contributed by atoms with Gasteiger partial charge < -0.3 is 58.7 Å². The predicted octanol–water partition coefficient (Wildman–Crippen LogP) is 1.77. The zero-order chi connectivity index (χ0) is 47.8. The Balaban J connectivity index is 1.47. The highest BCUT2D eigenvalue weighted by Crippen LogP contribution is 2.47. The smallest absolute Gasteiger partial charge is 0.336 e. The van der Waals surface area contributed by atoms with E-state index < -0.39 is 118 Å². The van der Waals surface area contributed by atoms with Gasteiger partial charge in [0, 0.05) is 65.8 Å². The first-order valence-electron chi connectivity index (χ1n) is 19.0. The minimum Gasteiger partial charge on any atom is -0.479 e. The highest BCUT2D eigenvalue weighted by atomic mass is 32.1. The molecule has 4 N–H and O–H groups in total. The van der Waals surface area contributed by atoms with Crippen molar-refractivity contribution in [2.24, 2.45) is 0 Å². The summed E-state index contributed by atoms with van der Waals surface area (Å²) in [5.41, 5.74) is 0.549. The number of benzene rings is 2. The normalized spacial score (nSPS) is 27.3. The third kappa shape index (κ3) is 12.3. The van der Waals surface area contributed by atoms with Crippen LogP contribution in [0.5, 0.6) is 0 Å². The summed E-state index contributed by atoms with van der Waals surface area (Å²) in [6.45, 7) is 6.04. The number of hydrogen-bond donors (Lipinski definition) is 6. The molecule has 2 aromatic carbocycles. The van der Waals surface area contributed by atoms with Crippen molar-refractivity contribution >= 4 is 96.2 Å². The van der Waals surface area contributed by atoms with Crippen LogP contribution in [-0.2, 0) is 95.7 Å². The number of carboxylic acid groups (broad SMARTS) is 2. The largest absolute Gasteiger partial charge is 0.479 e. The van der Waals surface area contributed by atoms with Crippen LogP contribution < -0.4 is 10.6 Å². The first kappa shape index (κ1) is 50.4. The summed E-state index contributed by atoms with van der Waals surface area (Å²) in [7, 11) is 0. The van der Waals surface area contributed by atoms with Crippen LogP contribution in [0.2, 0.25) is 0 Å². The minimum absolute atomic E-state index is 0.0769. The zero-order valence-electron chi connectivity index (χ0n) is 34.8. The van der Waals surface area contributed by atoms with E-state index in [-0.39, 0.29) is 35.3 Å². The van der Waals surface area contributed by atoms with Crippen LogP contribution in [0.25, 0.3) is 0 Å². The maximum Gasteiger partial charge on any atom is 0.336 e. The van der Waals surface area contributed by atoms with Gasteiger partial charge in [0.1, 0.15) is 0 Å². The summed E-state index contributed by atoms with van der Waals surface area (Å²) in [5.74, 6) is -10.0. The lowest BCUT2D eigenvalue weighted by molar-refractivity contribution is -0.258. The molecule has 0 aliphatic carbocycles. The zero-order valence-corrected chi connectivity index (χ0v) is 36.6. The number of aliphatic carboxylic acids is 2. The molecule has 346 valence electrons. The molecule has 2 aliphatic heterocycles. The summed E-state index contributed by atoms with van der Waals surface area (Å²) in [5, 5.41) is 25.2. The second-order valence-corrected chi connectivity index (χ2v) is 15.6. The van der Waals surface area contributed by atoms with Gasteiger partial charge in [-0.2, -0.15) is 0 Å². The van der Waals surface area contributed by atoms with Crippen LogP contribution in [0.4, 0.5) is 11.4 Å². The van der Waals surface area contributed by atoms with Crippen LogP contribution in [0.1, 0.15) is 65.5 Å². The number of ether oxygens (including phenoxy) is 8. The lowest BCUT2D eigenvalue weighted by Crippen LogP contribution is -2.65. The van der Waals surface area contributed by atoms with Gasteiger partial charge in [0.05, 0.1) is 0 Å². The average Bonchev–Trinajstić information content (AvgIpc) is 3.18. The molecule has 0 radical (unpaired) electrons. The maximum absolute atomic E-state index is 12.9. The lowest BCUT2D eigenvalue weighted by atomic mass is 9.89. The standard InChI is InChI=1S/C40H44N2O20S2/c1-17(43)55-29-31(57-19(3)45)35(59-21(5)47)39(63,61-33(29)37(51)52)23-7-11-25(12-8-23)41-27(49)15-16-28(50)42-26-13-9-24(10-14-26)40(64)36(60-22(6)48)32(58-20(4)46)30(56-18(2)44)34(62-40)38(53)54/h7-14,29-36,63-64H,15-16H2,1-6H3,(H,41,49)(H,42,50)(H,51,52)(H,53,54)/t29-,30-,31-,32-,33-,34-,35+,36+,39+,40+/m0/s1. The molecule has 2 fully saturated rings. The highest BCUT2D eigenvalue weighted by Gasteiger charge is 2.62. The number of hydrogen-bond acceptors (Lipinski definition) is 20. The molecule has 0 bridgehead atoms. The fourth-order valence-electron chi connectivity index (χ4n) is 6.83. The van der Waals surface area contributed by atoms with Crippen LogP contribution in [0, 0.1) is 0 Å². The van der Waals surface area contributed by atoms with Crippen LogP contribution in [0.15, 0.2) is 48.5 Å². The number of carbonyl (C=O) groups excluding carboxylic acids is 8. The van der Waals surface area contributed by atoms with E-state index in [1.807, 2.05) is 0 Å². The second kappa shape index (κ2) is 21.0. The highest BCUT2D eigenvalue weighted by molar-refractivity contribution is 7.81. The topological polar surface area (TPSA) is 309 Å². The van der Waals surface area contributed by atoms with E-state index in [2.05, 4.69) is 35.9 Å². The molecule has 22 nitrogen and oxygen atoms in total. The molecule has 0 spiro atoms. The van der Waals surface area contributed by atoms with Gasteiger partial charge in [0.25, 0.3) is 0 Å². The molecular weight excluding hydrogens is 893 g/mol. The molecule has 2 amide bonds. The van der Waals surface area contributed by atoms with E-state index in [1.165, 1.54) is 48.5 Å². The average molecular weight is 937 g/mol. The molecule has 64 heavy (non-hydrogen) atoms. The number of nitrogens with one attached hydrogen (secondary N) is 2. The Labute approximate surface area is 374 Å². The minimum atomic E-state index is -2.12. The number of esters is 6. The van der Waals surface area contributed by atoms with E-state index in [0.717, 1.165) is 41.5 Å². The van der Waals surface area contributed by atoms with Crippen LogP contribution in [0.3, 0.4) is 0 Å². The van der Waals surface area contributed by atoms with Crippen molar-refractivity contribution in [3.05, 3.63) is 59.7 Å². The third-order valence-corrected chi connectivity index (χ3v) is 10.5. The monoisotopic (exact) mass is 936 g/mol. The Morgan fingerprint density at radius 1 is 0.484 bits per heavy atom. The summed E-state index contributed by atoms with van der Waals surface area (Å²) in [6, 6.07) is 10.9. The number of carbonyl (C=O) groups is 10. The van der Waals surface area contributed by atoms with Crippen molar-refractivity contribution in [2.45, 2.75) is 113 Å². The number of carboxylic acids is 2. The quantitative estimate of drug-likeness (QED) is 0.0842. The number of amides is 2. The molecule has 24 heteroatoms. The second-order valence-electron chi connectivity index (χ2n) is 14.3. The van der Waals surface area contributed by atoms with E-state index >= 15 is 0 Å². The molecule has 2 aromatic rings. The molecule has 0 aromatic heterocycles. The molecule has 4 rings (SSSR count). The van der Waals surface area contributed by atoms with Crippen molar-refractivity contribution in [3.63, 3.8) is 0 Å². The lowest BCUT2D eigenvalue weighted by Gasteiger charge is -2.48. The molecular formula is C40H44N2O20S2. The Morgan fingerprint density at radius 3 is 1.00 bits per heavy atom. The molecule has 0 saturated carbocycles. The van der Waals surface area contributed by atoms with Crippen molar-refractivity contribution in [1.29, 1.82) is 0 Å². The predicted molar refractivity (Wildman–Crippen MR) is 219 cm³/mol. The molecule has 2 heterocycles. The van der Waals surface area contributed by atoms with E-state index in [1.54, 1.807) is 0 Å². The Kier molecular flexibility index (Phi) is 16.5. The van der Waals surface area contributed by atoms with Gasteiger partial charge in [0.2, 0.25) is 11.8 Å². The van der Waals surface area contributed by atoms with Crippen LogP contribution >= 0.6 is 25.3 Å². The van der Waals surface area contributed by atoms with Gasteiger partial charge in [0.15, 0.2) is 58.7 Å². The van der Waals surface area contributed by atoms with E-state index in [0.29, 0.717) is 0 Å². The van der Waals surface area contributed by atoms with Gasteiger partial charge in [-0.15, -0.1) is 25.3 Å². The number of thiol groups is 2. The van der Waals surface area contributed by atoms with E-state index in [4.69, 9.17) is 37.9 Å². The van der Waals surface area contributed by atoms with Gasteiger partial charge in [-0.1, -0.05) is 24.3 Å². The third-order valence-electron chi connectivity index (χ3n) is 9.25. The van der Waals surface area contributed by atoms with Gasteiger partial charge in [-0.3, -0.25) is 38.4 Å². The van der Waals surface area contributed by atoms with Crippen molar-refractivity contribution in [3.8, 4) is 0 Å². The summed E-state index contributed by atoms with van der Waals surface area (Å²) >= 11 is 9.12. The SMILES string of the molecule is CC(=O)O[C@H]1[C@H](OC(C)=O)[C@@H](OC(C)=O)[C@](S)(c2ccc(NC(=O)CCC(=O)Nc3ccc([C@]4(S)O[C@H](C(=O)O)[C@@H](OC(C)=O)[C@H](OC(C)=O)[C@H]4OC(C)=O)cc3)cc2)O[C@@H]1C(=O)O. The molecule has 10 atom stereocenters. The summed E-state index contributed by atoms with van der Waals surface area (Å²) < 4.78 is 43.4. The van der Waals surface area contributed by atoms with Crippen molar-refractivity contribution in [1.82, 2.24) is 0 Å². The first-order chi connectivity index (χ1) is 29.9. The molecule has 2 aliphatic rings. The van der Waals surface area contributed by atoms with Gasteiger partial charge >= 0.3 is 47.8 Å². The van der Waals surface area contributed by atoms with E-state index in [9.17, 15) is 58.2 Å². The Bertz CT molecular complexity index is 2020. The summed E-state index contributed by atoms with van der Waals surface area (Å²) in [6.07, 6.45) is -14.8. The Hall–Kier alpha value is -6.24.